The molecule has 0 aliphatic carbocycles. The molecule has 146 valence electrons. The number of benzene rings is 2. The largest absolute Gasteiger partial charge is 0.508 e. The molecule has 1 aliphatic rings. The van der Waals surface area contributed by atoms with Crippen LogP contribution < -0.4 is 9.80 Å². The van der Waals surface area contributed by atoms with Gasteiger partial charge in [-0.1, -0.05) is 18.2 Å². The Labute approximate surface area is 169 Å². The molecule has 0 saturated carbocycles. The molecule has 3 heterocycles. The van der Waals surface area contributed by atoms with Gasteiger partial charge in [-0.25, -0.2) is 4.98 Å². The average Bonchev–Trinajstić information content (AvgIpc) is 3.20. The fourth-order valence-electron chi connectivity index (χ4n) is 3.92. The van der Waals surface area contributed by atoms with Gasteiger partial charge in [0.2, 0.25) is 5.95 Å². The molecule has 2 aromatic carbocycles. The van der Waals surface area contributed by atoms with E-state index in [0.717, 1.165) is 60.2 Å². The number of anilines is 2. The van der Waals surface area contributed by atoms with Gasteiger partial charge in [0.1, 0.15) is 11.4 Å². The highest BCUT2D eigenvalue weighted by atomic mass is 16.3. The summed E-state index contributed by atoms with van der Waals surface area (Å²) in [7, 11) is 0. The molecule has 2 aromatic heterocycles. The van der Waals surface area contributed by atoms with E-state index >= 15 is 0 Å². The maximum Gasteiger partial charge on any atom is 0.227 e. The van der Waals surface area contributed by atoms with Crippen LogP contribution in [0.15, 0.2) is 66.9 Å². The molecule has 1 N–H and O–H groups in total. The number of piperazine rings is 1. The molecular weight excluding hydrogens is 362 g/mol. The molecule has 6 heteroatoms. The van der Waals surface area contributed by atoms with E-state index < -0.39 is 0 Å². The normalized spacial score (nSPS) is 14.5. The first-order chi connectivity index (χ1) is 14.2. The average molecular weight is 385 g/mol. The number of aryl methyl sites for hydroxylation is 1. The first-order valence-electron chi connectivity index (χ1n) is 9.89. The summed E-state index contributed by atoms with van der Waals surface area (Å²) in [5.74, 6) is 1.09. The molecule has 1 fully saturated rings. The van der Waals surface area contributed by atoms with E-state index in [0.29, 0.717) is 5.75 Å². The van der Waals surface area contributed by atoms with Gasteiger partial charge >= 0.3 is 0 Å². The third-order valence-electron chi connectivity index (χ3n) is 5.53. The van der Waals surface area contributed by atoms with E-state index in [1.54, 1.807) is 12.1 Å². The summed E-state index contributed by atoms with van der Waals surface area (Å²) in [4.78, 5) is 14.3. The number of aromatic nitrogens is 3. The molecule has 29 heavy (non-hydrogen) atoms. The molecule has 4 aromatic rings. The van der Waals surface area contributed by atoms with Crippen LogP contribution in [0.3, 0.4) is 0 Å². The predicted octanol–water partition coefficient (Wildman–Crippen LogP) is 3.76. The van der Waals surface area contributed by atoms with Crippen LogP contribution in [0.25, 0.3) is 16.7 Å². The van der Waals surface area contributed by atoms with Crippen molar-refractivity contribution in [2.45, 2.75) is 6.92 Å². The topological polar surface area (TPSA) is 57.4 Å². The van der Waals surface area contributed by atoms with Crippen LogP contribution in [0.5, 0.6) is 5.75 Å². The lowest BCUT2D eigenvalue weighted by atomic mass is 10.2. The smallest absolute Gasteiger partial charge is 0.227 e. The van der Waals surface area contributed by atoms with Crippen molar-refractivity contribution in [2.24, 2.45) is 0 Å². The maximum atomic E-state index is 9.50. The molecule has 1 saturated heterocycles. The van der Waals surface area contributed by atoms with Crippen molar-refractivity contribution >= 4 is 22.7 Å². The van der Waals surface area contributed by atoms with Crippen LogP contribution in [0.1, 0.15) is 5.69 Å². The number of fused-ring (bicyclic) bond motifs is 1. The number of aromatic hydroxyl groups is 1. The number of nitrogens with zero attached hydrogens (tertiary/aromatic N) is 5. The summed E-state index contributed by atoms with van der Waals surface area (Å²) < 4.78 is 2.13. The van der Waals surface area contributed by atoms with Crippen LogP contribution in [-0.4, -0.2) is 45.8 Å². The molecule has 1 aliphatic heterocycles. The SMILES string of the molecule is Cc1nc(N2CCN(c3ccc(O)cc3)CC2)nc2c1ccn2-c1ccccc1. The van der Waals surface area contributed by atoms with Gasteiger partial charge in [0.15, 0.2) is 0 Å². The quantitative estimate of drug-likeness (QED) is 0.582. The van der Waals surface area contributed by atoms with Crippen LogP contribution >= 0.6 is 0 Å². The maximum absolute atomic E-state index is 9.50. The van der Waals surface area contributed by atoms with Crippen molar-refractivity contribution in [1.29, 1.82) is 0 Å². The van der Waals surface area contributed by atoms with Gasteiger partial charge < -0.3 is 19.5 Å². The van der Waals surface area contributed by atoms with E-state index in [1.807, 2.05) is 30.3 Å². The van der Waals surface area contributed by atoms with Crippen LogP contribution in [0, 0.1) is 6.92 Å². The highest BCUT2D eigenvalue weighted by Crippen LogP contribution is 2.25. The lowest BCUT2D eigenvalue weighted by Gasteiger charge is -2.36. The number of phenols is 1. The summed E-state index contributed by atoms with van der Waals surface area (Å²) >= 11 is 0. The van der Waals surface area contributed by atoms with Crippen molar-refractivity contribution in [3.63, 3.8) is 0 Å². The molecule has 0 radical (unpaired) electrons. The zero-order valence-electron chi connectivity index (χ0n) is 16.4. The first-order valence-corrected chi connectivity index (χ1v) is 9.89. The van der Waals surface area contributed by atoms with Crippen LogP contribution in [0.2, 0.25) is 0 Å². The molecule has 6 nitrogen and oxygen atoms in total. The monoisotopic (exact) mass is 385 g/mol. The molecule has 0 amide bonds. The Kier molecular flexibility index (Phi) is 4.31. The highest BCUT2D eigenvalue weighted by molar-refractivity contribution is 5.81. The second-order valence-corrected chi connectivity index (χ2v) is 7.36. The standard InChI is InChI=1S/C23H23N5O/c1-17-21-11-12-28(19-5-3-2-4-6-19)22(21)25-23(24-17)27-15-13-26(14-16-27)18-7-9-20(29)10-8-18/h2-12,29H,13-16H2,1H3. The molecular formula is C23H23N5O. The van der Waals surface area contributed by atoms with Gasteiger partial charge in [0.25, 0.3) is 0 Å². The Morgan fingerprint density at radius 1 is 0.759 bits per heavy atom. The zero-order valence-corrected chi connectivity index (χ0v) is 16.4. The Hall–Kier alpha value is -3.54. The van der Waals surface area contributed by atoms with Crippen molar-refractivity contribution < 1.29 is 5.11 Å². The van der Waals surface area contributed by atoms with Gasteiger partial charge in [-0.3, -0.25) is 0 Å². The minimum atomic E-state index is 0.297. The van der Waals surface area contributed by atoms with Gasteiger partial charge in [0.05, 0.1) is 5.69 Å². The van der Waals surface area contributed by atoms with E-state index in [9.17, 15) is 5.11 Å². The Balaban J connectivity index is 1.42. The van der Waals surface area contributed by atoms with E-state index in [2.05, 4.69) is 45.7 Å². The fraction of sp³-hybridized carbons (Fsp3) is 0.217. The lowest BCUT2D eigenvalue weighted by molar-refractivity contribution is 0.475. The minimum absolute atomic E-state index is 0.297. The lowest BCUT2D eigenvalue weighted by Crippen LogP contribution is -2.47. The van der Waals surface area contributed by atoms with Gasteiger partial charge in [-0.15, -0.1) is 0 Å². The van der Waals surface area contributed by atoms with Gasteiger partial charge in [-0.2, -0.15) is 4.98 Å². The highest BCUT2D eigenvalue weighted by Gasteiger charge is 2.21. The summed E-state index contributed by atoms with van der Waals surface area (Å²) in [6.07, 6.45) is 2.06. The predicted molar refractivity (Wildman–Crippen MR) is 116 cm³/mol. The third-order valence-corrected chi connectivity index (χ3v) is 5.53. The first kappa shape index (κ1) is 17.6. The van der Waals surface area contributed by atoms with E-state index in [-0.39, 0.29) is 0 Å². The minimum Gasteiger partial charge on any atom is -0.508 e. The number of hydrogen-bond donors (Lipinski definition) is 1. The second-order valence-electron chi connectivity index (χ2n) is 7.36. The Morgan fingerprint density at radius 3 is 2.17 bits per heavy atom. The number of para-hydroxylation sites is 1. The molecule has 0 spiro atoms. The summed E-state index contributed by atoms with van der Waals surface area (Å²) in [5.41, 5.74) is 4.18. The summed E-state index contributed by atoms with van der Waals surface area (Å²) in [6, 6.07) is 19.8. The second kappa shape index (κ2) is 7.13. The van der Waals surface area contributed by atoms with E-state index in [1.165, 1.54) is 0 Å². The van der Waals surface area contributed by atoms with Crippen molar-refractivity contribution in [1.82, 2.24) is 14.5 Å². The third kappa shape index (κ3) is 3.27. The van der Waals surface area contributed by atoms with Crippen molar-refractivity contribution in [3.8, 4) is 11.4 Å². The Morgan fingerprint density at radius 2 is 1.45 bits per heavy atom. The number of hydrogen-bond acceptors (Lipinski definition) is 5. The summed E-state index contributed by atoms with van der Waals surface area (Å²) in [6.45, 7) is 5.56. The molecule has 0 unspecified atom stereocenters. The molecule has 0 atom stereocenters. The number of phenolic OH excluding ortho intramolecular Hbond substituents is 1. The van der Waals surface area contributed by atoms with Crippen LogP contribution in [0.4, 0.5) is 11.6 Å². The molecule has 5 rings (SSSR count). The zero-order chi connectivity index (χ0) is 19.8. The molecule has 0 bridgehead atoms. The van der Waals surface area contributed by atoms with Crippen molar-refractivity contribution in [3.05, 3.63) is 72.6 Å². The van der Waals surface area contributed by atoms with Crippen LogP contribution in [-0.2, 0) is 0 Å². The van der Waals surface area contributed by atoms with E-state index in [4.69, 9.17) is 9.97 Å². The summed E-state index contributed by atoms with van der Waals surface area (Å²) in [5, 5.41) is 10.6. The Bertz CT molecular complexity index is 1130. The fourth-order valence-corrected chi connectivity index (χ4v) is 3.92. The number of rotatable bonds is 3. The van der Waals surface area contributed by atoms with Gasteiger partial charge in [-0.05, 0) is 49.4 Å². The van der Waals surface area contributed by atoms with Crippen molar-refractivity contribution in [2.75, 3.05) is 36.0 Å². The van der Waals surface area contributed by atoms with Gasteiger partial charge in [0, 0.05) is 49.1 Å².